The molecule has 2 nitrogen and oxygen atoms in total. The zero-order valence-electron chi connectivity index (χ0n) is 15.2. The molecule has 0 aliphatic carbocycles. The third-order valence-electron chi connectivity index (χ3n) is 4.52. The molecular formula is C24H23NO. The van der Waals surface area contributed by atoms with Crippen LogP contribution in [0, 0.1) is 0 Å². The highest BCUT2D eigenvalue weighted by Gasteiger charge is 2.10. The summed E-state index contributed by atoms with van der Waals surface area (Å²) in [6.45, 7) is 4.96. The highest BCUT2D eigenvalue weighted by molar-refractivity contribution is 5.96. The summed E-state index contributed by atoms with van der Waals surface area (Å²) in [5.41, 5.74) is 5.03. The maximum Gasteiger partial charge on any atom is 0.119 e. The van der Waals surface area contributed by atoms with Gasteiger partial charge in [-0.2, -0.15) is 0 Å². The fraction of sp³-hybridized carbons (Fsp3) is 0.167. The molecular weight excluding hydrogens is 318 g/mol. The largest absolute Gasteiger partial charge is 0.491 e. The number of rotatable bonds is 5. The lowest BCUT2D eigenvalue weighted by Crippen LogP contribution is -2.05. The average molecular weight is 341 g/mol. The van der Waals surface area contributed by atoms with Gasteiger partial charge in [-0.15, -0.1) is 0 Å². The Morgan fingerprint density at radius 2 is 1.50 bits per heavy atom. The summed E-state index contributed by atoms with van der Waals surface area (Å²) < 4.78 is 8.10. The molecule has 0 unspecified atom stereocenters. The van der Waals surface area contributed by atoms with E-state index in [0.29, 0.717) is 0 Å². The first kappa shape index (κ1) is 16.5. The fourth-order valence-electron chi connectivity index (χ4n) is 3.37. The molecule has 0 radical (unpaired) electrons. The van der Waals surface area contributed by atoms with E-state index in [1.807, 2.05) is 13.8 Å². The quantitative estimate of drug-likeness (QED) is 0.425. The first-order valence-electron chi connectivity index (χ1n) is 9.09. The maximum atomic E-state index is 5.77. The number of ether oxygens (including phenoxy) is 1. The Morgan fingerprint density at radius 3 is 2.23 bits per heavy atom. The first-order chi connectivity index (χ1) is 12.7. The number of hydrogen-bond acceptors (Lipinski definition) is 1. The molecule has 0 spiro atoms. The summed E-state index contributed by atoms with van der Waals surface area (Å²) in [7, 11) is 0. The Balaban J connectivity index is 1.73. The normalized spacial score (nSPS) is 11.2. The molecule has 1 heterocycles. The molecule has 0 saturated heterocycles. The highest BCUT2D eigenvalue weighted by Crippen LogP contribution is 2.32. The van der Waals surface area contributed by atoms with E-state index in [2.05, 4.69) is 89.6 Å². The van der Waals surface area contributed by atoms with Crippen molar-refractivity contribution in [3.8, 4) is 16.9 Å². The van der Waals surface area contributed by atoms with Crippen LogP contribution >= 0.6 is 0 Å². The lowest BCUT2D eigenvalue weighted by atomic mass is 10.0. The van der Waals surface area contributed by atoms with Crippen molar-refractivity contribution in [1.82, 2.24) is 4.57 Å². The van der Waals surface area contributed by atoms with Crippen LogP contribution in [0.2, 0.25) is 0 Å². The van der Waals surface area contributed by atoms with E-state index >= 15 is 0 Å². The highest BCUT2D eigenvalue weighted by atomic mass is 16.5. The van der Waals surface area contributed by atoms with Crippen LogP contribution in [-0.2, 0) is 6.54 Å². The van der Waals surface area contributed by atoms with Crippen molar-refractivity contribution in [1.29, 1.82) is 0 Å². The topological polar surface area (TPSA) is 14.2 Å². The van der Waals surface area contributed by atoms with Gasteiger partial charge in [-0.3, -0.25) is 0 Å². The Kier molecular flexibility index (Phi) is 4.49. The SMILES string of the molecule is CC(C)Oc1ccc(-c2cn(Cc3ccccc3)c3ccccc23)cc1. The summed E-state index contributed by atoms with van der Waals surface area (Å²) in [6.07, 6.45) is 2.45. The van der Waals surface area contributed by atoms with Crippen LogP contribution < -0.4 is 4.74 Å². The molecule has 2 heteroatoms. The number of hydrogen-bond donors (Lipinski definition) is 0. The van der Waals surface area contributed by atoms with Gasteiger partial charge in [0.05, 0.1) is 6.10 Å². The molecule has 4 aromatic rings. The minimum atomic E-state index is 0.189. The van der Waals surface area contributed by atoms with Gasteiger partial charge in [0.15, 0.2) is 0 Å². The van der Waals surface area contributed by atoms with E-state index in [1.165, 1.54) is 27.6 Å². The van der Waals surface area contributed by atoms with Crippen LogP contribution in [-0.4, -0.2) is 10.7 Å². The van der Waals surface area contributed by atoms with Crippen molar-refractivity contribution < 1.29 is 4.74 Å². The van der Waals surface area contributed by atoms with Gasteiger partial charge in [0.1, 0.15) is 5.75 Å². The van der Waals surface area contributed by atoms with Gasteiger partial charge in [-0.25, -0.2) is 0 Å². The molecule has 0 amide bonds. The summed E-state index contributed by atoms with van der Waals surface area (Å²) >= 11 is 0. The predicted molar refractivity (Wildman–Crippen MR) is 109 cm³/mol. The summed E-state index contributed by atoms with van der Waals surface area (Å²) in [5.74, 6) is 0.914. The Bertz CT molecular complexity index is 998. The number of benzene rings is 3. The van der Waals surface area contributed by atoms with Crippen molar-refractivity contribution in [2.24, 2.45) is 0 Å². The standard InChI is InChI=1S/C24H23NO/c1-18(2)26-21-14-12-20(13-15-21)23-17-25(16-19-8-4-3-5-9-19)24-11-7-6-10-22(23)24/h3-15,17-18H,16H2,1-2H3. The Labute approximate surface area is 154 Å². The van der Waals surface area contributed by atoms with Crippen LogP contribution in [0.15, 0.2) is 85.1 Å². The molecule has 130 valence electrons. The van der Waals surface area contributed by atoms with Crippen LogP contribution in [0.25, 0.3) is 22.0 Å². The molecule has 3 aromatic carbocycles. The fourth-order valence-corrected chi connectivity index (χ4v) is 3.37. The Hall–Kier alpha value is -3.00. The van der Waals surface area contributed by atoms with Crippen molar-refractivity contribution >= 4 is 10.9 Å². The van der Waals surface area contributed by atoms with Gasteiger partial charge < -0.3 is 9.30 Å². The first-order valence-corrected chi connectivity index (χ1v) is 9.09. The van der Waals surface area contributed by atoms with E-state index in [4.69, 9.17) is 4.74 Å². The molecule has 4 rings (SSSR count). The van der Waals surface area contributed by atoms with Gasteiger partial charge in [0, 0.05) is 29.2 Å². The van der Waals surface area contributed by atoms with Crippen LogP contribution in [0.5, 0.6) is 5.75 Å². The number of fused-ring (bicyclic) bond motifs is 1. The second kappa shape index (κ2) is 7.09. The molecule has 0 N–H and O–H groups in total. The van der Waals surface area contributed by atoms with E-state index in [0.717, 1.165) is 12.3 Å². The van der Waals surface area contributed by atoms with E-state index in [9.17, 15) is 0 Å². The van der Waals surface area contributed by atoms with E-state index in [-0.39, 0.29) is 6.10 Å². The molecule has 0 aliphatic heterocycles. The molecule has 0 aliphatic rings. The third-order valence-corrected chi connectivity index (χ3v) is 4.52. The number of para-hydroxylation sites is 1. The lowest BCUT2D eigenvalue weighted by Gasteiger charge is -2.09. The summed E-state index contributed by atoms with van der Waals surface area (Å²) in [5, 5.41) is 1.28. The average Bonchev–Trinajstić information content (AvgIpc) is 3.02. The number of nitrogens with zero attached hydrogens (tertiary/aromatic N) is 1. The molecule has 26 heavy (non-hydrogen) atoms. The second-order valence-corrected chi connectivity index (χ2v) is 6.86. The van der Waals surface area contributed by atoms with E-state index < -0.39 is 0 Å². The van der Waals surface area contributed by atoms with Crippen molar-refractivity contribution in [2.45, 2.75) is 26.5 Å². The molecule has 0 fully saturated rings. The Morgan fingerprint density at radius 1 is 0.808 bits per heavy atom. The maximum absolute atomic E-state index is 5.77. The summed E-state index contributed by atoms with van der Waals surface area (Å²) in [4.78, 5) is 0. The molecule has 0 saturated carbocycles. The van der Waals surface area contributed by atoms with E-state index in [1.54, 1.807) is 0 Å². The molecule has 0 bridgehead atoms. The van der Waals surface area contributed by atoms with Crippen molar-refractivity contribution in [2.75, 3.05) is 0 Å². The third kappa shape index (κ3) is 3.36. The van der Waals surface area contributed by atoms with Crippen molar-refractivity contribution in [3.05, 3.63) is 90.6 Å². The second-order valence-electron chi connectivity index (χ2n) is 6.86. The van der Waals surface area contributed by atoms with Crippen LogP contribution in [0.4, 0.5) is 0 Å². The van der Waals surface area contributed by atoms with Gasteiger partial charge in [-0.1, -0.05) is 60.7 Å². The zero-order valence-corrected chi connectivity index (χ0v) is 15.2. The van der Waals surface area contributed by atoms with Crippen LogP contribution in [0.1, 0.15) is 19.4 Å². The smallest absolute Gasteiger partial charge is 0.119 e. The molecule has 0 atom stereocenters. The summed E-state index contributed by atoms with van der Waals surface area (Å²) in [6, 6.07) is 27.6. The van der Waals surface area contributed by atoms with Gasteiger partial charge >= 0.3 is 0 Å². The van der Waals surface area contributed by atoms with Gasteiger partial charge in [0.25, 0.3) is 0 Å². The zero-order chi connectivity index (χ0) is 17.9. The van der Waals surface area contributed by atoms with Crippen LogP contribution in [0.3, 0.4) is 0 Å². The van der Waals surface area contributed by atoms with Gasteiger partial charge in [-0.05, 0) is 43.2 Å². The van der Waals surface area contributed by atoms with Crippen molar-refractivity contribution in [3.63, 3.8) is 0 Å². The monoisotopic (exact) mass is 341 g/mol. The minimum Gasteiger partial charge on any atom is -0.491 e. The lowest BCUT2D eigenvalue weighted by molar-refractivity contribution is 0.242. The molecule has 1 aromatic heterocycles. The minimum absolute atomic E-state index is 0.189. The van der Waals surface area contributed by atoms with Gasteiger partial charge in [0.2, 0.25) is 0 Å². The number of aromatic nitrogens is 1. The predicted octanol–water partition coefficient (Wildman–Crippen LogP) is 6.14.